The van der Waals surface area contributed by atoms with E-state index >= 15 is 0 Å². The highest BCUT2D eigenvalue weighted by molar-refractivity contribution is 7.89. The van der Waals surface area contributed by atoms with Gasteiger partial charge in [0, 0.05) is 12.0 Å². The molecule has 154 valence electrons. The topological polar surface area (TPSA) is 78.8 Å². The molecule has 0 aliphatic heterocycles. The Hall–Kier alpha value is -2.52. The Labute approximate surface area is 173 Å². The van der Waals surface area contributed by atoms with Crippen molar-refractivity contribution in [2.45, 2.75) is 33.6 Å². The van der Waals surface area contributed by atoms with E-state index in [4.69, 9.17) is 6.42 Å². The van der Waals surface area contributed by atoms with Crippen LogP contribution in [0, 0.1) is 35.5 Å². The van der Waals surface area contributed by atoms with Crippen molar-refractivity contribution in [2.75, 3.05) is 5.75 Å². The van der Waals surface area contributed by atoms with Crippen molar-refractivity contribution in [2.24, 2.45) is 28.3 Å². The van der Waals surface area contributed by atoms with Crippen LogP contribution >= 0.6 is 0 Å². The summed E-state index contributed by atoms with van der Waals surface area (Å²) >= 11 is 0. The summed E-state index contributed by atoms with van der Waals surface area (Å²) in [5.74, 6) is 3.38. The van der Waals surface area contributed by atoms with Gasteiger partial charge in [0.2, 0.25) is 10.0 Å². The molecule has 1 aliphatic rings. The quantitative estimate of drug-likeness (QED) is 0.426. The van der Waals surface area contributed by atoms with Crippen LogP contribution in [0.15, 0.2) is 41.5 Å². The fourth-order valence-corrected chi connectivity index (χ4v) is 5.74. The number of rotatable bonds is 6. The van der Waals surface area contributed by atoms with Crippen LogP contribution in [0.2, 0.25) is 0 Å². The van der Waals surface area contributed by atoms with Crippen LogP contribution in [0.1, 0.15) is 39.2 Å². The van der Waals surface area contributed by atoms with Gasteiger partial charge in [-0.15, -0.1) is 12.3 Å². The highest BCUT2D eigenvalue weighted by Crippen LogP contribution is 2.52. The molecule has 0 radical (unpaired) electrons. The maximum atomic E-state index is 12.6. The molecule has 1 saturated carbocycles. The van der Waals surface area contributed by atoms with Crippen LogP contribution in [0.4, 0.5) is 0 Å². The lowest BCUT2D eigenvalue weighted by molar-refractivity contribution is 0.190. The van der Waals surface area contributed by atoms with Crippen LogP contribution in [0.3, 0.4) is 0 Å². The maximum absolute atomic E-state index is 12.6. The molecule has 2 N–H and O–H groups in total. The third kappa shape index (κ3) is 4.40. The first kappa shape index (κ1) is 21.2. The molecule has 2 aromatic rings. The maximum Gasteiger partial charge on any atom is 0.247 e. The largest absolute Gasteiger partial charge is 0.507 e. The number of hydrogen-bond donors (Lipinski definition) is 2. The lowest BCUT2D eigenvalue weighted by Gasteiger charge is -2.31. The zero-order valence-corrected chi connectivity index (χ0v) is 17.9. The van der Waals surface area contributed by atoms with Gasteiger partial charge in [0.25, 0.3) is 0 Å². The van der Waals surface area contributed by atoms with Gasteiger partial charge in [0.05, 0.1) is 12.0 Å². The van der Waals surface area contributed by atoms with Gasteiger partial charge >= 0.3 is 0 Å². The third-order valence-electron chi connectivity index (χ3n) is 6.65. The first-order valence-corrected chi connectivity index (χ1v) is 11.5. The van der Waals surface area contributed by atoms with E-state index in [2.05, 4.69) is 36.6 Å². The fraction of sp³-hybridized carbons (Fsp3) is 0.435. The van der Waals surface area contributed by atoms with Crippen molar-refractivity contribution >= 4 is 27.0 Å². The zero-order valence-electron chi connectivity index (χ0n) is 17.1. The number of sulfonamides is 1. The second-order valence-corrected chi connectivity index (χ2v) is 10.3. The number of hydrazone groups is 1. The van der Waals surface area contributed by atoms with Crippen molar-refractivity contribution in [3.8, 4) is 18.1 Å². The van der Waals surface area contributed by atoms with Gasteiger partial charge in [-0.05, 0) is 46.4 Å². The molecule has 1 aliphatic carbocycles. The molecule has 0 aromatic heterocycles. The number of phenols is 1. The average molecular weight is 413 g/mol. The molecule has 0 amide bonds. The smallest absolute Gasteiger partial charge is 0.247 e. The van der Waals surface area contributed by atoms with E-state index in [1.165, 1.54) is 6.21 Å². The zero-order chi connectivity index (χ0) is 21.2. The van der Waals surface area contributed by atoms with Gasteiger partial charge in [-0.1, -0.05) is 51.1 Å². The monoisotopic (exact) mass is 412 g/mol. The van der Waals surface area contributed by atoms with Crippen molar-refractivity contribution in [1.29, 1.82) is 0 Å². The Bertz CT molecular complexity index is 1070. The number of fused-ring (bicyclic) bond motifs is 1. The average Bonchev–Trinajstić information content (AvgIpc) is 2.87. The minimum absolute atomic E-state index is 0.00453. The highest BCUT2D eigenvalue weighted by Gasteiger charge is 2.47. The van der Waals surface area contributed by atoms with Crippen LogP contribution in [0.5, 0.6) is 5.75 Å². The molecule has 1 fully saturated rings. The van der Waals surface area contributed by atoms with Crippen molar-refractivity contribution in [1.82, 2.24) is 4.83 Å². The summed E-state index contributed by atoms with van der Waals surface area (Å²) in [7, 11) is -3.60. The minimum atomic E-state index is -3.60. The highest BCUT2D eigenvalue weighted by atomic mass is 32.2. The molecule has 0 saturated heterocycles. The number of nitrogens with one attached hydrogen (secondary N) is 1. The van der Waals surface area contributed by atoms with Gasteiger partial charge in [0.1, 0.15) is 5.75 Å². The van der Waals surface area contributed by atoms with E-state index < -0.39 is 10.0 Å². The molecule has 3 rings (SSSR count). The summed E-state index contributed by atoms with van der Waals surface area (Å²) in [5, 5.41) is 15.8. The van der Waals surface area contributed by atoms with Gasteiger partial charge in [0.15, 0.2) is 0 Å². The lowest BCUT2D eigenvalue weighted by atomic mass is 9.74. The van der Waals surface area contributed by atoms with Gasteiger partial charge < -0.3 is 5.11 Å². The fourth-order valence-electron chi connectivity index (χ4n) is 4.46. The number of phenolic OH excluding ortho intramolecular Hbond substituents is 1. The first-order chi connectivity index (χ1) is 13.7. The van der Waals surface area contributed by atoms with Crippen molar-refractivity contribution < 1.29 is 13.5 Å². The van der Waals surface area contributed by atoms with E-state index in [1.807, 2.05) is 30.3 Å². The standard InChI is InChI=1S/C23H28N2O3S/c1-5-8-19-13-18(16(2)23(19,3)4)15-29(27,28)25-24-14-21-20-10-7-6-9-17(20)11-12-22(21)26/h1,6-7,9-12,14,16,18-19,25-26H,8,13,15H2,2-4H3/b24-14+. The predicted octanol–water partition coefficient (Wildman–Crippen LogP) is 4.12. The summed E-state index contributed by atoms with van der Waals surface area (Å²) in [6.45, 7) is 6.44. The molecule has 3 unspecified atom stereocenters. The molecule has 0 spiro atoms. The predicted molar refractivity (Wildman–Crippen MR) is 118 cm³/mol. The third-order valence-corrected chi connectivity index (χ3v) is 7.90. The van der Waals surface area contributed by atoms with Crippen LogP contribution in [-0.4, -0.2) is 25.5 Å². The normalized spacial score (nSPS) is 24.0. The minimum Gasteiger partial charge on any atom is -0.507 e. The molecule has 5 nitrogen and oxygen atoms in total. The Morgan fingerprint density at radius 1 is 1.31 bits per heavy atom. The molecule has 2 aromatic carbocycles. The molecule has 0 bridgehead atoms. The number of benzene rings is 2. The molecular formula is C23H28N2O3S. The summed E-state index contributed by atoms with van der Waals surface area (Å²) in [6, 6.07) is 10.9. The number of aromatic hydroxyl groups is 1. The summed E-state index contributed by atoms with van der Waals surface area (Å²) in [5.41, 5.74) is 0.486. The van der Waals surface area contributed by atoms with Crippen LogP contribution < -0.4 is 4.83 Å². The first-order valence-electron chi connectivity index (χ1n) is 9.82. The van der Waals surface area contributed by atoms with Crippen molar-refractivity contribution in [3.05, 3.63) is 42.0 Å². The van der Waals surface area contributed by atoms with E-state index in [9.17, 15) is 13.5 Å². The Balaban J connectivity index is 1.73. The summed E-state index contributed by atoms with van der Waals surface area (Å²) in [6.07, 6.45) is 8.32. The second-order valence-electron chi connectivity index (χ2n) is 8.56. The number of nitrogens with zero attached hydrogens (tertiary/aromatic N) is 1. The molecule has 6 heteroatoms. The molecular weight excluding hydrogens is 384 g/mol. The van der Waals surface area contributed by atoms with Gasteiger partial charge in [-0.25, -0.2) is 13.2 Å². The number of terminal acetylenes is 1. The van der Waals surface area contributed by atoms with E-state index in [1.54, 1.807) is 6.07 Å². The van der Waals surface area contributed by atoms with E-state index in [-0.39, 0.29) is 28.8 Å². The van der Waals surface area contributed by atoms with Crippen molar-refractivity contribution in [3.63, 3.8) is 0 Å². The van der Waals surface area contributed by atoms with Gasteiger partial charge in [-0.3, -0.25) is 0 Å². The van der Waals surface area contributed by atoms with E-state index in [0.717, 1.165) is 17.2 Å². The van der Waals surface area contributed by atoms with E-state index in [0.29, 0.717) is 17.9 Å². The molecule has 29 heavy (non-hydrogen) atoms. The summed E-state index contributed by atoms with van der Waals surface area (Å²) in [4.78, 5) is 2.31. The van der Waals surface area contributed by atoms with Gasteiger partial charge in [-0.2, -0.15) is 5.10 Å². The molecule has 3 atom stereocenters. The Kier molecular flexibility index (Phi) is 5.90. The van der Waals surface area contributed by atoms with Crippen LogP contribution in [-0.2, 0) is 10.0 Å². The summed E-state index contributed by atoms with van der Waals surface area (Å²) < 4.78 is 25.2. The van der Waals surface area contributed by atoms with Crippen LogP contribution in [0.25, 0.3) is 10.8 Å². The second kappa shape index (κ2) is 8.08. The lowest BCUT2D eigenvalue weighted by Crippen LogP contribution is -2.30. The Morgan fingerprint density at radius 3 is 2.76 bits per heavy atom. The Morgan fingerprint density at radius 2 is 2.03 bits per heavy atom. The number of hydrogen-bond acceptors (Lipinski definition) is 4. The SMILES string of the molecule is C#CCC1CC(CS(=O)(=O)N/N=C/c2c(O)ccc3ccccc23)C(C)C1(C)C. The molecule has 0 heterocycles.